The number of esters is 1. The average molecular weight is 318 g/mol. The van der Waals surface area contributed by atoms with E-state index in [1.54, 1.807) is 24.3 Å². The molecule has 0 spiro atoms. The van der Waals surface area contributed by atoms with Crippen LogP contribution in [-0.4, -0.2) is 25.2 Å². The first-order chi connectivity index (χ1) is 11.0. The highest BCUT2D eigenvalue weighted by Gasteiger charge is 2.31. The molecule has 1 aliphatic rings. The van der Waals surface area contributed by atoms with E-state index in [1.807, 2.05) is 0 Å². The molecule has 3 N–H and O–H groups in total. The second-order valence-electron chi connectivity index (χ2n) is 7.05. The van der Waals surface area contributed by atoms with Crippen molar-refractivity contribution < 1.29 is 9.53 Å². The maximum Gasteiger partial charge on any atom is 0.338 e. The Bertz CT molecular complexity index is 499. The molecule has 0 unspecified atom stereocenters. The minimum absolute atomic E-state index is 0.288. The van der Waals surface area contributed by atoms with Crippen molar-refractivity contribution in [1.82, 2.24) is 5.32 Å². The molecule has 0 bridgehead atoms. The molecule has 1 fully saturated rings. The third-order valence-electron chi connectivity index (χ3n) is 4.99. The molecule has 0 heterocycles. The van der Waals surface area contributed by atoms with E-state index in [-0.39, 0.29) is 5.97 Å². The SMILES string of the molecule is CC(C)[C@@H]1CCC[C@H](C)[C@H]1NCCOC(=O)c1ccc(N)cc1. The summed E-state index contributed by atoms with van der Waals surface area (Å²) in [6.45, 7) is 8.04. The number of ether oxygens (including phenoxy) is 1. The summed E-state index contributed by atoms with van der Waals surface area (Å²) in [5.41, 5.74) is 6.81. The van der Waals surface area contributed by atoms with Gasteiger partial charge in [-0.15, -0.1) is 0 Å². The van der Waals surface area contributed by atoms with Crippen LogP contribution in [0, 0.1) is 17.8 Å². The lowest BCUT2D eigenvalue weighted by molar-refractivity contribution is 0.0492. The van der Waals surface area contributed by atoms with Gasteiger partial charge in [0.1, 0.15) is 6.61 Å². The van der Waals surface area contributed by atoms with Gasteiger partial charge in [0.15, 0.2) is 0 Å². The summed E-state index contributed by atoms with van der Waals surface area (Å²) in [6, 6.07) is 7.35. The van der Waals surface area contributed by atoms with Crippen molar-refractivity contribution >= 4 is 11.7 Å². The largest absolute Gasteiger partial charge is 0.461 e. The van der Waals surface area contributed by atoms with E-state index in [2.05, 4.69) is 26.1 Å². The Kier molecular flexibility index (Phi) is 6.46. The Morgan fingerprint density at radius 1 is 1.30 bits per heavy atom. The topological polar surface area (TPSA) is 64.3 Å². The predicted octanol–water partition coefficient (Wildman–Crippen LogP) is 3.48. The first-order valence-electron chi connectivity index (χ1n) is 8.75. The number of carbonyl (C=O) groups is 1. The minimum atomic E-state index is -0.288. The summed E-state index contributed by atoms with van der Waals surface area (Å²) < 4.78 is 5.35. The Labute approximate surface area is 139 Å². The second-order valence-corrected chi connectivity index (χ2v) is 7.05. The van der Waals surface area contributed by atoms with Crippen molar-refractivity contribution in [2.24, 2.45) is 17.8 Å². The summed E-state index contributed by atoms with van der Waals surface area (Å²) in [4.78, 5) is 12.0. The molecule has 0 amide bonds. The van der Waals surface area contributed by atoms with Crippen LogP contribution in [0.25, 0.3) is 0 Å². The summed E-state index contributed by atoms with van der Waals surface area (Å²) in [6.07, 6.45) is 3.91. The third kappa shape index (κ3) is 4.96. The van der Waals surface area contributed by atoms with Gasteiger partial charge in [-0.25, -0.2) is 4.79 Å². The van der Waals surface area contributed by atoms with Crippen molar-refractivity contribution in [3.63, 3.8) is 0 Å². The Morgan fingerprint density at radius 3 is 2.65 bits per heavy atom. The van der Waals surface area contributed by atoms with Crippen LogP contribution in [0.15, 0.2) is 24.3 Å². The fraction of sp³-hybridized carbons (Fsp3) is 0.632. The van der Waals surface area contributed by atoms with E-state index in [4.69, 9.17) is 10.5 Å². The molecule has 4 heteroatoms. The van der Waals surface area contributed by atoms with E-state index in [0.29, 0.717) is 48.2 Å². The summed E-state index contributed by atoms with van der Waals surface area (Å²) >= 11 is 0. The standard InChI is InChI=1S/C19H30N2O2/c1-13(2)17-6-4-5-14(3)18(17)21-11-12-23-19(22)15-7-9-16(20)10-8-15/h7-10,13-14,17-18,21H,4-6,11-12,20H2,1-3H3/t14-,17-,18+/m0/s1. The van der Waals surface area contributed by atoms with Crippen molar-refractivity contribution in [1.29, 1.82) is 0 Å². The van der Waals surface area contributed by atoms with Crippen molar-refractivity contribution in [3.8, 4) is 0 Å². The number of rotatable bonds is 6. The highest BCUT2D eigenvalue weighted by Crippen LogP contribution is 2.33. The molecule has 0 aromatic heterocycles. The van der Waals surface area contributed by atoms with Gasteiger partial charge < -0.3 is 15.8 Å². The Balaban J connectivity index is 1.77. The van der Waals surface area contributed by atoms with E-state index in [0.717, 1.165) is 0 Å². The van der Waals surface area contributed by atoms with Crippen LogP contribution >= 0.6 is 0 Å². The maximum absolute atomic E-state index is 12.0. The number of anilines is 1. The molecule has 1 aromatic rings. The maximum atomic E-state index is 12.0. The molecular weight excluding hydrogens is 288 g/mol. The first-order valence-corrected chi connectivity index (χ1v) is 8.75. The van der Waals surface area contributed by atoms with Crippen LogP contribution < -0.4 is 11.1 Å². The summed E-state index contributed by atoms with van der Waals surface area (Å²) in [5.74, 6) is 1.80. The molecule has 1 aliphatic carbocycles. The van der Waals surface area contributed by atoms with E-state index >= 15 is 0 Å². The van der Waals surface area contributed by atoms with Crippen LogP contribution in [0.1, 0.15) is 50.4 Å². The van der Waals surface area contributed by atoms with Gasteiger partial charge >= 0.3 is 5.97 Å². The van der Waals surface area contributed by atoms with Gasteiger partial charge in [0.2, 0.25) is 0 Å². The second kappa shape index (κ2) is 8.34. The minimum Gasteiger partial charge on any atom is -0.461 e. The molecule has 128 valence electrons. The van der Waals surface area contributed by atoms with Crippen molar-refractivity contribution in [3.05, 3.63) is 29.8 Å². The van der Waals surface area contributed by atoms with Crippen LogP contribution in [-0.2, 0) is 4.74 Å². The van der Waals surface area contributed by atoms with Gasteiger partial charge in [-0.2, -0.15) is 0 Å². The number of nitrogen functional groups attached to an aromatic ring is 1. The number of carbonyl (C=O) groups excluding carboxylic acids is 1. The molecule has 0 aliphatic heterocycles. The molecule has 3 atom stereocenters. The first kappa shape index (κ1) is 17.8. The molecule has 1 saturated carbocycles. The highest BCUT2D eigenvalue weighted by molar-refractivity contribution is 5.89. The van der Waals surface area contributed by atoms with Gasteiger partial charge in [-0.3, -0.25) is 0 Å². The lowest BCUT2D eigenvalue weighted by Crippen LogP contribution is -2.46. The number of nitrogens with one attached hydrogen (secondary N) is 1. The number of hydrogen-bond acceptors (Lipinski definition) is 4. The average Bonchev–Trinajstić information content (AvgIpc) is 2.52. The smallest absolute Gasteiger partial charge is 0.338 e. The molecule has 0 saturated heterocycles. The Hall–Kier alpha value is -1.55. The van der Waals surface area contributed by atoms with Gasteiger partial charge in [-0.05, 0) is 54.9 Å². The normalized spacial score (nSPS) is 24.6. The quantitative estimate of drug-likeness (QED) is 0.479. The number of nitrogens with two attached hydrogens (primary N) is 1. The van der Waals surface area contributed by atoms with Crippen molar-refractivity contribution in [2.75, 3.05) is 18.9 Å². The highest BCUT2D eigenvalue weighted by atomic mass is 16.5. The molecular formula is C19H30N2O2. The van der Waals surface area contributed by atoms with E-state index in [1.165, 1.54) is 19.3 Å². The molecule has 2 rings (SSSR count). The van der Waals surface area contributed by atoms with Crippen molar-refractivity contribution in [2.45, 2.75) is 46.1 Å². The van der Waals surface area contributed by atoms with Gasteiger partial charge in [0, 0.05) is 18.3 Å². The number of hydrogen-bond donors (Lipinski definition) is 2. The van der Waals surface area contributed by atoms with Gasteiger partial charge in [-0.1, -0.05) is 27.2 Å². The van der Waals surface area contributed by atoms with Crippen LogP contribution in [0.2, 0.25) is 0 Å². The van der Waals surface area contributed by atoms with E-state index in [9.17, 15) is 4.79 Å². The zero-order valence-electron chi connectivity index (χ0n) is 14.5. The van der Waals surface area contributed by atoms with Crippen LogP contribution in [0.3, 0.4) is 0 Å². The molecule has 0 radical (unpaired) electrons. The fourth-order valence-corrected chi connectivity index (χ4v) is 3.63. The predicted molar refractivity (Wildman–Crippen MR) is 94.3 cm³/mol. The van der Waals surface area contributed by atoms with Gasteiger partial charge in [0.25, 0.3) is 0 Å². The lowest BCUT2D eigenvalue weighted by atomic mass is 9.73. The third-order valence-corrected chi connectivity index (χ3v) is 4.99. The lowest BCUT2D eigenvalue weighted by Gasteiger charge is -2.39. The van der Waals surface area contributed by atoms with Crippen LogP contribution in [0.5, 0.6) is 0 Å². The number of benzene rings is 1. The Morgan fingerprint density at radius 2 is 2.00 bits per heavy atom. The van der Waals surface area contributed by atoms with E-state index < -0.39 is 0 Å². The molecule has 1 aromatic carbocycles. The summed E-state index contributed by atoms with van der Waals surface area (Å²) in [5, 5.41) is 3.62. The molecule has 23 heavy (non-hydrogen) atoms. The zero-order valence-corrected chi connectivity index (χ0v) is 14.5. The fourth-order valence-electron chi connectivity index (χ4n) is 3.63. The van der Waals surface area contributed by atoms with Gasteiger partial charge in [0.05, 0.1) is 5.56 Å². The monoisotopic (exact) mass is 318 g/mol. The van der Waals surface area contributed by atoms with Crippen LogP contribution in [0.4, 0.5) is 5.69 Å². The molecule has 4 nitrogen and oxygen atoms in total. The summed E-state index contributed by atoms with van der Waals surface area (Å²) in [7, 11) is 0. The zero-order chi connectivity index (χ0) is 16.8.